The number of benzene rings is 1. The molecule has 0 heterocycles. The fourth-order valence-electron chi connectivity index (χ4n) is 2.33. The molecular formula is C15H19FOS. The molecule has 0 N–H and O–H groups in total. The first-order valence-corrected chi connectivity index (χ1v) is 7.62. The van der Waals surface area contributed by atoms with Crippen LogP contribution in [-0.4, -0.2) is 16.8 Å². The zero-order valence-corrected chi connectivity index (χ0v) is 11.6. The number of rotatable bonds is 4. The summed E-state index contributed by atoms with van der Waals surface area (Å²) in [4.78, 5) is 12.0. The fraction of sp³-hybridized carbons (Fsp3) is 0.533. The lowest BCUT2D eigenvalue weighted by Crippen LogP contribution is -2.12. The van der Waals surface area contributed by atoms with Crippen molar-refractivity contribution in [3.05, 3.63) is 35.1 Å². The number of carbonyl (C=O) groups excluding carboxylic acids is 1. The first kappa shape index (κ1) is 13.6. The highest BCUT2D eigenvalue weighted by Gasteiger charge is 2.16. The molecule has 2 rings (SSSR count). The molecule has 98 valence electrons. The van der Waals surface area contributed by atoms with Gasteiger partial charge in [0.05, 0.1) is 5.75 Å². The van der Waals surface area contributed by atoms with Crippen molar-refractivity contribution in [3.8, 4) is 0 Å². The van der Waals surface area contributed by atoms with Crippen molar-refractivity contribution in [2.45, 2.75) is 44.3 Å². The molecule has 0 aliphatic heterocycles. The van der Waals surface area contributed by atoms with Gasteiger partial charge in [-0.2, -0.15) is 11.8 Å². The fourth-order valence-corrected chi connectivity index (χ4v) is 3.55. The van der Waals surface area contributed by atoms with Crippen LogP contribution >= 0.6 is 11.8 Å². The molecule has 0 bridgehead atoms. The number of aryl methyl sites for hydroxylation is 1. The maximum Gasteiger partial charge on any atom is 0.172 e. The van der Waals surface area contributed by atoms with Crippen LogP contribution in [0.4, 0.5) is 4.39 Å². The molecule has 1 saturated carbocycles. The van der Waals surface area contributed by atoms with Crippen LogP contribution in [0.2, 0.25) is 0 Å². The summed E-state index contributed by atoms with van der Waals surface area (Å²) < 4.78 is 13.1. The highest BCUT2D eigenvalue weighted by Crippen LogP contribution is 2.28. The second-order valence-electron chi connectivity index (χ2n) is 4.96. The molecule has 1 fully saturated rings. The Morgan fingerprint density at radius 1 is 1.33 bits per heavy atom. The average Bonchev–Trinajstić information content (AvgIpc) is 2.40. The van der Waals surface area contributed by atoms with E-state index < -0.39 is 0 Å². The molecule has 3 heteroatoms. The second-order valence-corrected chi connectivity index (χ2v) is 6.25. The van der Waals surface area contributed by atoms with Gasteiger partial charge in [0.1, 0.15) is 5.82 Å². The number of carbonyl (C=O) groups is 1. The van der Waals surface area contributed by atoms with Crippen molar-refractivity contribution in [1.82, 2.24) is 0 Å². The molecule has 0 amide bonds. The van der Waals surface area contributed by atoms with Crippen molar-refractivity contribution in [2.24, 2.45) is 0 Å². The minimum Gasteiger partial charge on any atom is -0.293 e. The van der Waals surface area contributed by atoms with Gasteiger partial charge in [-0.15, -0.1) is 0 Å². The Labute approximate surface area is 112 Å². The van der Waals surface area contributed by atoms with Gasteiger partial charge >= 0.3 is 0 Å². The van der Waals surface area contributed by atoms with Gasteiger partial charge in [0.15, 0.2) is 5.78 Å². The van der Waals surface area contributed by atoms with Crippen LogP contribution in [0, 0.1) is 12.7 Å². The summed E-state index contributed by atoms with van der Waals surface area (Å²) in [6.45, 7) is 1.69. The van der Waals surface area contributed by atoms with Crippen molar-refractivity contribution in [3.63, 3.8) is 0 Å². The summed E-state index contributed by atoms with van der Waals surface area (Å²) in [6, 6.07) is 4.62. The lowest BCUT2D eigenvalue weighted by molar-refractivity contribution is 0.102. The topological polar surface area (TPSA) is 17.1 Å². The molecule has 1 aliphatic carbocycles. The quantitative estimate of drug-likeness (QED) is 0.752. The van der Waals surface area contributed by atoms with Crippen LogP contribution in [0.1, 0.15) is 48.0 Å². The summed E-state index contributed by atoms with van der Waals surface area (Å²) in [5.41, 5.74) is 1.18. The maximum absolute atomic E-state index is 13.1. The Morgan fingerprint density at radius 2 is 2.06 bits per heavy atom. The predicted molar refractivity (Wildman–Crippen MR) is 74.8 cm³/mol. The van der Waals surface area contributed by atoms with Crippen LogP contribution < -0.4 is 0 Å². The van der Waals surface area contributed by atoms with Gasteiger partial charge in [0.2, 0.25) is 0 Å². The molecule has 18 heavy (non-hydrogen) atoms. The zero-order valence-electron chi connectivity index (χ0n) is 10.7. The summed E-state index contributed by atoms with van der Waals surface area (Å²) in [5, 5.41) is 0.643. The molecule has 0 atom stereocenters. The first-order chi connectivity index (χ1) is 8.66. The van der Waals surface area contributed by atoms with E-state index in [9.17, 15) is 9.18 Å². The molecule has 0 radical (unpaired) electrons. The number of Topliss-reactive ketones (excluding diaryl/α,β-unsaturated/α-hetero) is 1. The molecular weight excluding hydrogens is 247 g/mol. The van der Waals surface area contributed by atoms with E-state index in [4.69, 9.17) is 0 Å². The van der Waals surface area contributed by atoms with Gasteiger partial charge in [0, 0.05) is 10.8 Å². The van der Waals surface area contributed by atoms with Crippen molar-refractivity contribution < 1.29 is 9.18 Å². The van der Waals surface area contributed by atoms with Crippen LogP contribution in [0.25, 0.3) is 0 Å². The van der Waals surface area contributed by atoms with Crippen molar-refractivity contribution in [1.29, 1.82) is 0 Å². The van der Waals surface area contributed by atoms with E-state index in [2.05, 4.69) is 0 Å². The lowest BCUT2D eigenvalue weighted by atomic mass is 10.0. The van der Waals surface area contributed by atoms with Gasteiger partial charge < -0.3 is 0 Å². The largest absolute Gasteiger partial charge is 0.293 e. The van der Waals surface area contributed by atoms with E-state index in [1.54, 1.807) is 30.8 Å². The van der Waals surface area contributed by atoms with Gasteiger partial charge in [-0.1, -0.05) is 19.3 Å². The first-order valence-electron chi connectivity index (χ1n) is 6.58. The van der Waals surface area contributed by atoms with E-state index in [0.717, 1.165) is 0 Å². The van der Waals surface area contributed by atoms with E-state index >= 15 is 0 Å². The monoisotopic (exact) mass is 266 g/mol. The number of hydrogen-bond acceptors (Lipinski definition) is 2. The third kappa shape index (κ3) is 3.58. The third-order valence-electron chi connectivity index (χ3n) is 3.48. The second kappa shape index (κ2) is 6.37. The summed E-state index contributed by atoms with van der Waals surface area (Å²) >= 11 is 1.77. The Kier molecular flexibility index (Phi) is 4.81. The molecule has 0 unspecified atom stereocenters. The SMILES string of the molecule is Cc1cc(C(=O)CSC2CCCCC2)ccc1F. The smallest absolute Gasteiger partial charge is 0.172 e. The Balaban J connectivity index is 1.88. The van der Waals surface area contributed by atoms with Crippen molar-refractivity contribution in [2.75, 3.05) is 5.75 Å². The molecule has 0 saturated heterocycles. The summed E-state index contributed by atoms with van der Waals surface area (Å²) in [6.07, 6.45) is 6.39. The number of thioether (sulfide) groups is 1. The number of hydrogen-bond donors (Lipinski definition) is 0. The van der Waals surface area contributed by atoms with E-state index in [-0.39, 0.29) is 11.6 Å². The zero-order chi connectivity index (χ0) is 13.0. The highest BCUT2D eigenvalue weighted by molar-refractivity contribution is 8.00. The van der Waals surface area contributed by atoms with E-state index in [1.165, 1.54) is 38.2 Å². The normalized spacial score (nSPS) is 16.8. The van der Waals surface area contributed by atoms with Gasteiger partial charge in [-0.3, -0.25) is 4.79 Å². The van der Waals surface area contributed by atoms with E-state index in [0.29, 0.717) is 22.1 Å². The highest BCUT2D eigenvalue weighted by atomic mass is 32.2. The predicted octanol–water partition coefficient (Wildman–Crippen LogP) is 4.38. The van der Waals surface area contributed by atoms with Crippen LogP contribution in [0.5, 0.6) is 0 Å². The molecule has 1 aromatic rings. The van der Waals surface area contributed by atoms with Gasteiger partial charge in [-0.05, 0) is 43.5 Å². The summed E-state index contributed by atoms with van der Waals surface area (Å²) in [7, 11) is 0. The molecule has 1 aliphatic rings. The Morgan fingerprint density at radius 3 is 2.72 bits per heavy atom. The average molecular weight is 266 g/mol. The van der Waals surface area contributed by atoms with Gasteiger partial charge in [0.25, 0.3) is 0 Å². The van der Waals surface area contributed by atoms with Crippen LogP contribution in [0.15, 0.2) is 18.2 Å². The van der Waals surface area contributed by atoms with E-state index in [1.807, 2.05) is 0 Å². The number of ketones is 1. The summed E-state index contributed by atoms with van der Waals surface area (Å²) in [5.74, 6) is 0.399. The lowest BCUT2D eigenvalue weighted by Gasteiger charge is -2.20. The van der Waals surface area contributed by atoms with Gasteiger partial charge in [-0.25, -0.2) is 4.39 Å². The third-order valence-corrected chi connectivity index (χ3v) is 4.85. The molecule has 0 aromatic heterocycles. The number of halogens is 1. The maximum atomic E-state index is 13.1. The van der Waals surface area contributed by atoms with Crippen LogP contribution in [0.3, 0.4) is 0 Å². The Bertz CT molecular complexity index is 425. The molecule has 1 nitrogen and oxygen atoms in total. The Hall–Kier alpha value is -0.830. The molecule has 1 aromatic carbocycles. The van der Waals surface area contributed by atoms with Crippen molar-refractivity contribution >= 4 is 17.5 Å². The minimum absolute atomic E-state index is 0.119. The standard InChI is InChI=1S/C15H19FOS/c1-11-9-12(7-8-14(11)16)15(17)10-18-13-5-3-2-4-6-13/h7-9,13H,2-6,10H2,1H3. The minimum atomic E-state index is -0.244. The van der Waals surface area contributed by atoms with Crippen LogP contribution in [-0.2, 0) is 0 Å². The molecule has 0 spiro atoms.